The molecule has 1 amide bonds. The second kappa shape index (κ2) is 10.8. The molecular weight excluding hydrogens is 582 g/mol. The molecule has 1 aliphatic heterocycles. The number of alkyl halides is 2. The number of carbonyl (C=O) groups is 2. The van der Waals surface area contributed by atoms with Gasteiger partial charge < -0.3 is 20.1 Å². The van der Waals surface area contributed by atoms with Crippen molar-refractivity contribution in [3.63, 3.8) is 0 Å². The molecule has 224 valence electrons. The number of benzene rings is 1. The molecule has 3 N–H and O–H groups in total. The quantitative estimate of drug-likeness (QED) is 0.283. The van der Waals surface area contributed by atoms with Crippen molar-refractivity contribution in [1.82, 2.24) is 23.9 Å². The van der Waals surface area contributed by atoms with Crippen LogP contribution in [0.15, 0.2) is 47.6 Å². The highest BCUT2D eigenvalue weighted by Gasteiger charge is 2.53. The number of aliphatic carboxylic acids is 1. The third-order valence-electron chi connectivity index (χ3n) is 8.08. The van der Waals surface area contributed by atoms with Crippen LogP contribution in [0.5, 0.6) is 5.88 Å². The van der Waals surface area contributed by atoms with Gasteiger partial charge in [0.05, 0.1) is 36.4 Å². The number of nitrogens with zero attached hydrogens (tertiary/aromatic N) is 5. The Hall–Kier alpha value is -4.14. The van der Waals surface area contributed by atoms with E-state index in [2.05, 4.69) is 15.2 Å². The molecular formula is C29H28F2N6O5S. The first kappa shape index (κ1) is 29.0. The Bertz CT molecular complexity index is 1760. The number of primary amides is 1. The average Bonchev–Trinajstić information content (AvgIpc) is 3.58. The normalized spacial score (nSPS) is 18.3. The van der Waals surface area contributed by atoms with Crippen LogP contribution in [-0.4, -0.2) is 57.6 Å². The number of rotatable bonds is 8. The van der Waals surface area contributed by atoms with Gasteiger partial charge in [0, 0.05) is 24.4 Å². The summed E-state index contributed by atoms with van der Waals surface area (Å²) in [5.74, 6) is -2.62. The van der Waals surface area contributed by atoms with Crippen molar-refractivity contribution in [1.29, 1.82) is 0 Å². The van der Waals surface area contributed by atoms with Crippen LogP contribution in [0.3, 0.4) is 0 Å². The zero-order valence-corrected chi connectivity index (χ0v) is 24.1. The molecule has 1 aromatic carbocycles. The Morgan fingerprint density at radius 1 is 1.21 bits per heavy atom. The van der Waals surface area contributed by atoms with Crippen molar-refractivity contribution in [2.75, 3.05) is 6.54 Å². The second-order valence-corrected chi connectivity index (χ2v) is 12.5. The number of carbonyl (C=O) groups excluding carboxylic acids is 1. The molecule has 1 spiro atoms. The number of nitrogens with two attached hydrogens (primary N) is 1. The highest BCUT2D eigenvalue weighted by molar-refractivity contribution is 7.89. The van der Waals surface area contributed by atoms with Crippen molar-refractivity contribution < 1.29 is 32.8 Å². The third-order valence-corrected chi connectivity index (χ3v) is 9.47. The maximum absolute atomic E-state index is 13.9. The number of halogens is 2. The minimum atomic E-state index is -2.82. The molecule has 0 bridgehead atoms. The van der Waals surface area contributed by atoms with Gasteiger partial charge in [-0.2, -0.15) is 0 Å². The number of hydrogen-bond donors (Lipinski definition) is 2. The SMILES string of the molecule is Cc1ccc(C(CC(=O)O)c2ccn3c(C(F)F)nnc3c2C)cc1CN1CC2(CC2)Oc2ncc(C(N)=O)cc2[S+]1[O-]. The second-order valence-electron chi connectivity index (χ2n) is 11.0. The summed E-state index contributed by atoms with van der Waals surface area (Å²) in [6.07, 6.45) is 1.20. The Labute approximate surface area is 248 Å². The first-order valence-corrected chi connectivity index (χ1v) is 14.7. The van der Waals surface area contributed by atoms with Gasteiger partial charge >= 0.3 is 5.97 Å². The highest BCUT2D eigenvalue weighted by atomic mass is 32.2. The van der Waals surface area contributed by atoms with Crippen molar-refractivity contribution in [3.05, 3.63) is 81.9 Å². The van der Waals surface area contributed by atoms with E-state index in [1.807, 2.05) is 25.1 Å². The predicted molar refractivity (Wildman–Crippen MR) is 150 cm³/mol. The number of carboxylic acid groups (broad SMARTS) is 1. The van der Waals surface area contributed by atoms with Gasteiger partial charge in [-0.05, 0) is 60.6 Å². The van der Waals surface area contributed by atoms with Crippen LogP contribution in [0.25, 0.3) is 5.65 Å². The Kier molecular flexibility index (Phi) is 7.30. The smallest absolute Gasteiger partial charge is 0.304 e. The number of aryl methyl sites for hydroxylation is 2. The van der Waals surface area contributed by atoms with Crippen LogP contribution in [0.1, 0.15) is 75.6 Å². The number of pyridine rings is 2. The molecule has 0 saturated heterocycles. The van der Waals surface area contributed by atoms with Gasteiger partial charge in [-0.1, -0.05) is 18.2 Å². The minimum Gasteiger partial charge on any atom is -0.593 e. The lowest BCUT2D eigenvalue weighted by atomic mass is 9.85. The maximum Gasteiger partial charge on any atom is 0.304 e. The van der Waals surface area contributed by atoms with Gasteiger partial charge in [0.1, 0.15) is 5.60 Å². The zero-order valence-electron chi connectivity index (χ0n) is 23.3. The highest BCUT2D eigenvalue weighted by Crippen LogP contribution is 2.46. The topological polar surface area (TPSA) is 159 Å². The number of carboxylic acids is 1. The average molecular weight is 611 g/mol. The Balaban J connectivity index is 1.37. The monoisotopic (exact) mass is 610 g/mol. The van der Waals surface area contributed by atoms with Crippen molar-refractivity contribution in [2.45, 2.75) is 62.5 Å². The molecule has 2 atom stereocenters. The molecule has 11 nitrogen and oxygen atoms in total. The van der Waals surface area contributed by atoms with Crippen LogP contribution >= 0.6 is 0 Å². The number of amides is 1. The van der Waals surface area contributed by atoms with Crippen LogP contribution in [0.4, 0.5) is 8.78 Å². The summed E-state index contributed by atoms with van der Waals surface area (Å²) < 4.78 is 49.8. The van der Waals surface area contributed by atoms with Crippen LogP contribution < -0.4 is 10.5 Å². The first-order chi connectivity index (χ1) is 20.5. The molecule has 14 heteroatoms. The molecule has 2 aliphatic rings. The van der Waals surface area contributed by atoms with E-state index < -0.39 is 47.0 Å². The van der Waals surface area contributed by atoms with E-state index >= 15 is 0 Å². The minimum absolute atomic E-state index is 0.123. The number of ether oxygens (including phenoxy) is 1. The van der Waals surface area contributed by atoms with Gasteiger partial charge in [-0.15, -0.1) is 14.5 Å². The molecule has 1 aliphatic carbocycles. The summed E-state index contributed by atoms with van der Waals surface area (Å²) in [6.45, 7) is 4.23. The molecule has 2 unspecified atom stereocenters. The lowest BCUT2D eigenvalue weighted by Gasteiger charge is -2.25. The van der Waals surface area contributed by atoms with Crippen molar-refractivity contribution >= 4 is 28.9 Å². The summed E-state index contributed by atoms with van der Waals surface area (Å²) in [7, 11) is 0. The Morgan fingerprint density at radius 2 is 1.98 bits per heavy atom. The lowest BCUT2D eigenvalue weighted by Crippen LogP contribution is -2.38. The van der Waals surface area contributed by atoms with E-state index in [0.717, 1.165) is 24.0 Å². The van der Waals surface area contributed by atoms with Gasteiger partial charge in [0.15, 0.2) is 5.65 Å². The zero-order chi connectivity index (χ0) is 30.6. The Morgan fingerprint density at radius 3 is 2.65 bits per heavy atom. The number of fused-ring (bicyclic) bond motifs is 2. The maximum atomic E-state index is 13.9. The molecule has 4 heterocycles. The van der Waals surface area contributed by atoms with Crippen LogP contribution in [0.2, 0.25) is 0 Å². The predicted octanol–water partition coefficient (Wildman–Crippen LogP) is 3.83. The fourth-order valence-corrected chi connectivity index (χ4v) is 6.89. The van der Waals surface area contributed by atoms with Gasteiger partial charge in [-0.3, -0.25) is 14.0 Å². The molecule has 4 aromatic rings. The first-order valence-electron chi connectivity index (χ1n) is 13.6. The van der Waals surface area contributed by atoms with E-state index in [1.165, 1.54) is 22.9 Å². The summed E-state index contributed by atoms with van der Waals surface area (Å²) in [6, 6.07) is 8.69. The molecule has 1 saturated carbocycles. The van der Waals surface area contributed by atoms with Crippen molar-refractivity contribution in [3.8, 4) is 5.88 Å². The van der Waals surface area contributed by atoms with Crippen LogP contribution in [-0.2, 0) is 22.7 Å². The van der Waals surface area contributed by atoms with Crippen molar-refractivity contribution in [2.24, 2.45) is 5.73 Å². The van der Waals surface area contributed by atoms with Gasteiger partial charge in [0.2, 0.25) is 16.6 Å². The summed E-state index contributed by atoms with van der Waals surface area (Å²) >= 11 is -1.73. The van der Waals surface area contributed by atoms with Gasteiger partial charge in [0.25, 0.3) is 12.3 Å². The molecule has 43 heavy (non-hydrogen) atoms. The molecule has 0 radical (unpaired) electrons. The van der Waals surface area contributed by atoms with Gasteiger partial charge in [-0.25, -0.2) is 13.8 Å². The van der Waals surface area contributed by atoms with E-state index in [1.54, 1.807) is 17.3 Å². The summed E-state index contributed by atoms with van der Waals surface area (Å²) in [5.41, 5.74) is 8.84. The van der Waals surface area contributed by atoms with E-state index in [0.29, 0.717) is 23.2 Å². The number of hydrogen-bond acceptors (Lipinski definition) is 8. The fourth-order valence-electron chi connectivity index (χ4n) is 5.53. The largest absolute Gasteiger partial charge is 0.593 e. The summed E-state index contributed by atoms with van der Waals surface area (Å²) in [5, 5.41) is 17.4. The van der Waals surface area contributed by atoms with E-state index in [9.17, 15) is 28.0 Å². The fraction of sp³-hybridized carbons (Fsp3) is 0.345. The third kappa shape index (κ3) is 5.41. The molecule has 6 rings (SSSR count). The number of aromatic nitrogens is 4. The molecule has 1 fully saturated rings. The van der Waals surface area contributed by atoms with Crippen LogP contribution in [0, 0.1) is 13.8 Å². The lowest BCUT2D eigenvalue weighted by molar-refractivity contribution is -0.137. The van der Waals surface area contributed by atoms with E-state index in [-0.39, 0.29) is 35.0 Å². The standard InChI is InChI=1S/C29H28F2N6O5S/c1-15-3-4-17(21(11-23(38)39)20-5-8-37-26(16(20)2)34-35-27(37)24(30)31)9-19(15)13-36-14-29(6-7-29)42-28-22(43(36)41)10-18(12-33-28)25(32)40/h3-5,8-10,12,21,24H,6-7,11,13-14H2,1-2H3,(H2,32,40)(H,38,39). The van der Waals surface area contributed by atoms with E-state index in [4.69, 9.17) is 10.5 Å². The summed E-state index contributed by atoms with van der Waals surface area (Å²) in [4.78, 5) is 28.3. The molecule has 3 aromatic heterocycles.